The first-order valence-corrected chi connectivity index (χ1v) is 6.85. The lowest BCUT2D eigenvalue weighted by Gasteiger charge is -2.04. The van der Waals surface area contributed by atoms with Crippen molar-refractivity contribution < 1.29 is 14.4 Å². The fraction of sp³-hybridized carbons (Fsp3) is 0.118. The molecule has 1 aliphatic heterocycles. The predicted molar refractivity (Wildman–Crippen MR) is 83.9 cm³/mol. The van der Waals surface area contributed by atoms with Gasteiger partial charge in [0.2, 0.25) is 6.79 Å². The highest BCUT2D eigenvalue weighted by Gasteiger charge is 2.22. The second-order valence-corrected chi connectivity index (χ2v) is 5.06. The van der Waals surface area contributed by atoms with Crippen molar-refractivity contribution in [3.8, 4) is 17.6 Å². The molecule has 0 fully saturated rings. The van der Waals surface area contributed by atoms with E-state index in [-0.39, 0.29) is 12.5 Å². The van der Waals surface area contributed by atoms with Gasteiger partial charge in [-0.15, -0.1) is 0 Å². The highest BCUT2D eigenvalue weighted by Crippen LogP contribution is 2.39. The number of hydrogen-bond donors (Lipinski definition) is 0. The van der Waals surface area contributed by atoms with Crippen LogP contribution >= 0.6 is 0 Å². The highest BCUT2D eigenvalue weighted by molar-refractivity contribution is 5.91. The van der Waals surface area contributed by atoms with Gasteiger partial charge in [0.1, 0.15) is 0 Å². The quantitative estimate of drug-likeness (QED) is 0.373. The Balaban J connectivity index is 2.13. The molecular weight excluding hydrogens is 296 g/mol. The molecule has 0 aliphatic carbocycles. The van der Waals surface area contributed by atoms with Gasteiger partial charge in [0.15, 0.2) is 11.5 Å². The van der Waals surface area contributed by atoms with Crippen LogP contribution in [0.5, 0.6) is 11.5 Å². The maximum Gasteiger partial charge on any atom is 0.280 e. The summed E-state index contributed by atoms with van der Waals surface area (Å²) in [6.45, 7) is 1.95. The van der Waals surface area contributed by atoms with Crippen molar-refractivity contribution in [2.75, 3.05) is 6.79 Å². The molecule has 3 rings (SSSR count). The lowest BCUT2D eigenvalue weighted by Crippen LogP contribution is -1.93. The van der Waals surface area contributed by atoms with Crippen molar-refractivity contribution in [1.82, 2.24) is 0 Å². The van der Waals surface area contributed by atoms with Crippen molar-refractivity contribution in [2.24, 2.45) is 0 Å². The molecule has 6 heteroatoms. The van der Waals surface area contributed by atoms with Crippen LogP contribution in [0.2, 0.25) is 0 Å². The van der Waals surface area contributed by atoms with Gasteiger partial charge in [-0.3, -0.25) is 10.1 Å². The summed E-state index contributed by atoms with van der Waals surface area (Å²) in [6.07, 6.45) is 1.49. The number of nitro groups is 1. The van der Waals surface area contributed by atoms with Crippen LogP contribution in [0.3, 0.4) is 0 Å². The smallest absolute Gasteiger partial charge is 0.280 e. The molecule has 23 heavy (non-hydrogen) atoms. The average Bonchev–Trinajstić information content (AvgIpc) is 2.98. The molecule has 0 amide bonds. The van der Waals surface area contributed by atoms with Gasteiger partial charge in [0, 0.05) is 0 Å². The number of fused-ring (bicyclic) bond motifs is 1. The Morgan fingerprint density at radius 3 is 2.70 bits per heavy atom. The zero-order chi connectivity index (χ0) is 16.4. The molecule has 0 aromatic heterocycles. The third-order valence-electron chi connectivity index (χ3n) is 3.47. The normalized spacial score (nSPS) is 12.8. The van der Waals surface area contributed by atoms with Gasteiger partial charge >= 0.3 is 0 Å². The van der Waals surface area contributed by atoms with E-state index < -0.39 is 4.92 Å². The number of ether oxygens (including phenoxy) is 2. The molecule has 0 spiro atoms. The minimum atomic E-state index is -0.501. The van der Waals surface area contributed by atoms with E-state index in [9.17, 15) is 15.4 Å². The Hall–Kier alpha value is -3.33. The van der Waals surface area contributed by atoms with Gasteiger partial charge in [-0.05, 0) is 24.6 Å². The molecule has 1 aliphatic rings. The number of nitrogens with zero attached hydrogens (tertiary/aromatic N) is 2. The van der Waals surface area contributed by atoms with E-state index in [1.165, 1.54) is 18.2 Å². The van der Waals surface area contributed by atoms with Crippen LogP contribution in [0.4, 0.5) is 5.69 Å². The summed E-state index contributed by atoms with van der Waals surface area (Å²) in [6, 6.07) is 12.3. The first-order valence-electron chi connectivity index (χ1n) is 6.85. The maximum atomic E-state index is 11.3. The highest BCUT2D eigenvalue weighted by atomic mass is 16.7. The van der Waals surface area contributed by atoms with Gasteiger partial charge in [-0.2, -0.15) is 5.26 Å². The molecule has 0 unspecified atom stereocenters. The first-order chi connectivity index (χ1) is 11.1. The van der Waals surface area contributed by atoms with Gasteiger partial charge in [-0.25, -0.2) is 0 Å². The van der Waals surface area contributed by atoms with Crippen LogP contribution in [0.15, 0.2) is 36.4 Å². The number of allylic oxidation sites excluding steroid dienone is 1. The minimum absolute atomic E-state index is 0.0304. The van der Waals surface area contributed by atoms with E-state index in [0.29, 0.717) is 28.2 Å². The molecule has 0 bridgehead atoms. The molecule has 0 radical (unpaired) electrons. The molecule has 1 heterocycles. The largest absolute Gasteiger partial charge is 0.454 e. The summed E-state index contributed by atoms with van der Waals surface area (Å²) in [5.74, 6) is 0.770. The third-order valence-corrected chi connectivity index (χ3v) is 3.47. The van der Waals surface area contributed by atoms with Crippen LogP contribution in [-0.2, 0) is 0 Å². The van der Waals surface area contributed by atoms with E-state index >= 15 is 0 Å². The predicted octanol–water partition coefficient (Wildman–Crippen LogP) is 3.70. The monoisotopic (exact) mass is 308 g/mol. The lowest BCUT2D eigenvalue weighted by atomic mass is 10.0. The van der Waals surface area contributed by atoms with Crippen LogP contribution in [0.25, 0.3) is 11.6 Å². The van der Waals surface area contributed by atoms with Crippen LogP contribution in [0, 0.1) is 28.4 Å². The molecule has 114 valence electrons. The van der Waals surface area contributed by atoms with Gasteiger partial charge in [-0.1, -0.05) is 29.8 Å². The number of aryl methyl sites for hydroxylation is 1. The van der Waals surface area contributed by atoms with Crippen LogP contribution in [0.1, 0.15) is 16.7 Å². The molecule has 0 saturated carbocycles. The first kappa shape index (κ1) is 14.6. The van der Waals surface area contributed by atoms with Gasteiger partial charge in [0.25, 0.3) is 5.69 Å². The second-order valence-electron chi connectivity index (χ2n) is 5.06. The molecule has 2 aromatic carbocycles. The Kier molecular flexibility index (Phi) is 3.69. The fourth-order valence-corrected chi connectivity index (χ4v) is 2.37. The Labute approximate surface area is 132 Å². The summed E-state index contributed by atoms with van der Waals surface area (Å²) in [5, 5.41) is 20.7. The van der Waals surface area contributed by atoms with Crippen molar-refractivity contribution in [1.29, 1.82) is 5.26 Å². The minimum Gasteiger partial charge on any atom is -0.454 e. The molecule has 6 nitrogen and oxygen atoms in total. The molecule has 0 N–H and O–H groups in total. The number of benzene rings is 2. The van der Waals surface area contributed by atoms with Crippen LogP contribution < -0.4 is 9.47 Å². The van der Waals surface area contributed by atoms with E-state index in [2.05, 4.69) is 6.07 Å². The van der Waals surface area contributed by atoms with E-state index in [1.807, 2.05) is 25.1 Å². The number of nitro benzene ring substituents is 1. The van der Waals surface area contributed by atoms with E-state index in [0.717, 1.165) is 5.56 Å². The van der Waals surface area contributed by atoms with E-state index in [4.69, 9.17) is 9.47 Å². The Bertz CT molecular complexity index is 865. The van der Waals surface area contributed by atoms with Gasteiger partial charge in [0.05, 0.1) is 28.2 Å². The standard InChI is InChI=1S/C17H12N2O4/c1-11-3-2-4-12(5-11)14(9-18)6-13-7-16-17(23-10-22-16)8-15(13)19(20)21/h2-8H,10H2,1H3/b14-6+. The molecule has 2 aromatic rings. The SMILES string of the molecule is Cc1cccc(/C(C#N)=C/c2cc3c(cc2[N+](=O)[O-])OCO3)c1. The van der Waals surface area contributed by atoms with Crippen molar-refractivity contribution in [3.63, 3.8) is 0 Å². The second kappa shape index (κ2) is 5.81. The number of nitriles is 1. The Morgan fingerprint density at radius 2 is 2.04 bits per heavy atom. The summed E-state index contributed by atoms with van der Waals surface area (Å²) in [7, 11) is 0. The van der Waals surface area contributed by atoms with E-state index in [1.54, 1.807) is 6.07 Å². The topological polar surface area (TPSA) is 85.4 Å². The molecule has 0 atom stereocenters. The van der Waals surface area contributed by atoms with Crippen molar-refractivity contribution in [3.05, 3.63) is 63.2 Å². The van der Waals surface area contributed by atoms with Gasteiger partial charge < -0.3 is 9.47 Å². The van der Waals surface area contributed by atoms with Crippen LogP contribution in [-0.4, -0.2) is 11.7 Å². The summed E-state index contributed by atoms with van der Waals surface area (Å²) in [5.41, 5.74) is 2.23. The number of rotatable bonds is 3. The Morgan fingerprint density at radius 1 is 1.30 bits per heavy atom. The third kappa shape index (κ3) is 2.85. The summed E-state index contributed by atoms with van der Waals surface area (Å²) >= 11 is 0. The summed E-state index contributed by atoms with van der Waals surface area (Å²) < 4.78 is 10.4. The summed E-state index contributed by atoms with van der Waals surface area (Å²) in [4.78, 5) is 10.8. The maximum absolute atomic E-state index is 11.3. The fourth-order valence-electron chi connectivity index (χ4n) is 2.37. The van der Waals surface area contributed by atoms with Crippen molar-refractivity contribution in [2.45, 2.75) is 6.92 Å². The zero-order valence-electron chi connectivity index (χ0n) is 12.3. The average molecular weight is 308 g/mol. The zero-order valence-corrected chi connectivity index (χ0v) is 12.3. The number of hydrogen-bond acceptors (Lipinski definition) is 5. The molecular formula is C17H12N2O4. The molecule has 0 saturated heterocycles. The van der Waals surface area contributed by atoms with Crippen molar-refractivity contribution >= 4 is 17.3 Å². The lowest BCUT2D eigenvalue weighted by molar-refractivity contribution is -0.385.